The molecule has 0 aliphatic carbocycles. The van der Waals surface area contributed by atoms with Crippen molar-refractivity contribution in [2.45, 2.75) is 13.0 Å². The summed E-state index contributed by atoms with van der Waals surface area (Å²) in [7, 11) is 0. The van der Waals surface area contributed by atoms with E-state index in [0.717, 1.165) is 36.6 Å². The maximum absolute atomic E-state index is 4.36. The van der Waals surface area contributed by atoms with Gasteiger partial charge in [0.05, 0.1) is 17.1 Å². The van der Waals surface area contributed by atoms with Crippen molar-refractivity contribution in [2.24, 2.45) is 0 Å². The molecular formula is C12H13ClN4. The van der Waals surface area contributed by atoms with Gasteiger partial charge in [0, 0.05) is 18.3 Å². The predicted octanol–water partition coefficient (Wildman–Crippen LogP) is 1.61. The standard InChI is InChI=1S/C12H12N4.ClH/c1-2-5-14-10(3-1)12-9-4-6-13-7-11(9)15-8-16-12;/h1-3,5,8,13H,4,6-7H2;1H. The van der Waals surface area contributed by atoms with Crippen molar-refractivity contribution in [3.05, 3.63) is 42.0 Å². The van der Waals surface area contributed by atoms with E-state index < -0.39 is 0 Å². The first-order valence-electron chi connectivity index (χ1n) is 5.40. The van der Waals surface area contributed by atoms with Gasteiger partial charge in [-0.3, -0.25) is 4.98 Å². The molecule has 5 heteroatoms. The summed E-state index contributed by atoms with van der Waals surface area (Å²) in [6.07, 6.45) is 4.39. The molecule has 2 aromatic heterocycles. The molecule has 3 heterocycles. The Kier molecular flexibility index (Phi) is 3.66. The Balaban J connectivity index is 0.00000108. The van der Waals surface area contributed by atoms with E-state index in [1.54, 1.807) is 12.5 Å². The lowest BCUT2D eigenvalue weighted by molar-refractivity contribution is 0.624. The highest BCUT2D eigenvalue weighted by Gasteiger charge is 2.16. The van der Waals surface area contributed by atoms with Crippen LogP contribution in [0.15, 0.2) is 30.7 Å². The highest BCUT2D eigenvalue weighted by molar-refractivity contribution is 5.85. The van der Waals surface area contributed by atoms with Crippen LogP contribution in [0.5, 0.6) is 0 Å². The van der Waals surface area contributed by atoms with E-state index >= 15 is 0 Å². The normalized spacial score (nSPS) is 13.6. The monoisotopic (exact) mass is 248 g/mol. The number of hydrogen-bond donors (Lipinski definition) is 1. The molecular weight excluding hydrogens is 236 g/mol. The molecule has 0 unspecified atom stereocenters. The second kappa shape index (κ2) is 5.21. The number of pyridine rings is 1. The lowest BCUT2D eigenvalue weighted by Crippen LogP contribution is -2.25. The molecule has 1 aliphatic rings. The van der Waals surface area contributed by atoms with Crippen molar-refractivity contribution >= 4 is 12.4 Å². The topological polar surface area (TPSA) is 50.7 Å². The molecule has 0 bridgehead atoms. The fraction of sp³-hybridized carbons (Fsp3) is 0.250. The maximum atomic E-state index is 4.36. The number of rotatable bonds is 1. The van der Waals surface area contributed by atoms with E-state index in [1.165, 1.54) is 5.56 Å². The molecule has 88 valence electrons. The van der Waals surface area contributed by atoms with E-state index in [2.05, 4.69) is 20.3 Å². The van der Waals surface area contributed by atoms with E-state index in [9.17, 15) is 0 Å². The van der Waals surface area contributed by atoms with Crippen molar-refractivity contribution < 1.29 is 0 Å². The van der Waals surface area contributed by atoms with Crippen LogP contribution in [-0.2, 0) is 13.0 Å². The zero-order valence-electron chi connectivity index (χ0n) is 9.26. The minimum Gasteiger partial charge on any atom is -0.311 e. The molecule has 1 aliphatic heterocycles. The highest BCUT2D eigenvalue weighted by atomic mass is 35.5. The first kappa shape index (κ1) is 12.0. The number of fused-ring (bicyclic) bond motifs is 1. The number of halogens is 1. The Morgan fingerprint density at radius 1 is 1.12 bits per heavy atom. The SMILES string of the molecule is Cl.c1ccc(-c2ncnc3c2CCNC3)nc1. The number of hydrogen-bond acceptors (Lipinski definition) is 4. The summed E-state index contributed by atoms with van der Waals surface area (Å²) in [6, 6.07) is 5.89. The van der Waals surface area contributed by atoms with Crippen LogP contribution in [0, 0.1) is 0 Å². The molecule has 4 nitrogen and oxygen atoms in total. The van der Waals surface area contributed by atoms with Crippen molar-refractivity contribution in [1.82, 2.24) is 20.3 Å². The van der Waals surface area contributed by atoms with Gasteiger partial charge in [0.25, 0.3) is 0 Å². The van der Waals surface area contributed by atoms with Crippen LogP contribution >= 0.6 is 12.4 Å². The Morgan fingerprint density at radius 3 is 2.88 bits per heavy atom. The van der Waals surface area contributed by atoms with Gasteiger partial charge in [0.15, 0.2) is 0 Å². The van der Waals surface area contributed by atoms with Gasteiger partial charge in [-0.15, -0.1) is 12.4 Å². The molecule has 3 rings (SSSR count). The van der Waals surface area contributed by atoms with Gasteiger partial charge in [-0.1, -0.05) is 6.07 Å². The minimum absolute atomic E-state index is 0. The van der Waals surface area contributed by atoms with Crippen LogP contribution in [0.3, 0.4) is 0 Å². The van der Waals surface area contributed by atoms with Crippen LogP contribution in [0.4, 0.5) is 0 Å². The summed E-state index contributed by atoms with van der Waals surface area (Å²) < 4.78 is 0. The Bertz CT molecular complexity index is 501. The van der Waals surface area contributed by atoms with Gasteiger partial charge < -0.3 is 5.32 Å². The molecule has 0 spiro atoms. The predicted molar refractivity (Wildman–Crippen MR) is 67.9 cm³/mol. The third kappa shape index (κ3) is 2.28. The summed E-state index contributed by atoms with van der Waals surface area (Å²) in [4.78, 5) is 13.0. The van der Waals surface area contributed by atoms with Crippen LogP contribution in [-0.4, -0.2) is 21.5 Å². The zero-order valence-corrected chi connectivity index (χ0v) is 10.1. The van der Waals surface area contributed by atoms with Crippen LogP contribution < -0.4 is 5.32 Å². The molecule has 0 saturated carbocycles. The van der Waals surface area contributed by atoms with Crippen LogP contribution in [0.1, 0.15) is 11.3 Å². The lowest BCUT2D eigenvalue weighted by Gasteiger charge is -2.17. The van der Waals surface area contributed by atoms with Crippen LogP contribution in [0.25, 0.3) is 11.4 Å². The summed E-state index contributed by atoms with van der Waals surface area (Å²) in [5.41, 5.74) is 4.25. The summed E-state index contributed by atoms with van der Waals surface area (Å²) in [5.74, 6) is 0. The summed E-state index contributed by atoms with van der Waals surface area (Å²) >= 11 is 0. The molecule has 0 amide bonds. The molecule has 2 aromatic rings. The van der Waals surface area contributed by atoms with Gasteiger partial charge in [0.2, 0.25) is 0 Å². The highest BCUT2D eigenvalue weighted by Crippen LogP contribution is 2.22. The fourth-order valence-corrected chi connectivity index (χ4v) is 2.01. The number of nitrogens with zero attached hydrogens (tertiary/aromatic N) is 3. The quantitative estimate of drug-likeness (QED) is 0.833. The van der Waals surface area contributed by atoms with Gasteiger partial charge in [-0.05, 0) is 25.1 Å². The minimum atomic E-state index is 0. The van der Waals surface area contributed by atoms with Crippen LogP contribution in [0.2, 0.25) is 0 Å². The maximum Gasteiger partial charge on any atom is 0.116 e. The summed E-state index contributed by atoms with van der Waals surface area (Å²) in [6.45, 7) is 1.82. The molecule has 1 N–H and O–H groups in total. The summed E-state index contributed by atoms with van der Waals surface area (Å²) in [5, 5.41) is 3.31. The van der Waals surface area contributed by atoms with Gasteiger partial charge >= 0.3 is 0 Å². The van der Waals surface area contributed by atoms with Crippen molar-refractivity contribution in [1.29, 1.82) is 0 Å². The molecule has 0 saturated heterocycles. The van der Waals surface area contributed by atoms with E-state index in [4.69, 9.17) is 0 Å². The molecule has 0 atom stereocenters. The number of aromatic nitrogens is 3. The van der Waals surface area contributed by atoms with Crippen molar-refractivity contribution in [2.75, 3.05) is 6.54 Å². The first-order chi connectivity index (χ1) is 7.95. The van der Waals surface area contributed by atoms with Gasteiger partial charge in [-0.25, -0.2) is 9.97 Å². The van der Waals surface area contributed by atoms with Crippen molar-refractivity contribution in [3.8, 4) is 11.4 Å². The van der Waals surface area contributed by atoms with E-state index in [-0.39, 0.29) is 12.4 Å². The lowest BCUT2D eigenvalue weighted by atomic mass is 10.0. The average Bonchev–Trinajstić information content (AvgIpc) is 2.39. The third-order valence-corrected chi connectivity index (χ3v) is 2.79. The molecule has 17 heavy (non-hydrogen) atoms. The molecule has 0 radical (unpaired) electrons. The Hall–Kier alpha value is -1.52. The molecule has 0 fully saturated rings. The van der Waals surface area contributed by atoms with Gasteiger partial charge in [0.1, 0.15) is 6.33 Å². The Morgan fingerprint density at radius 2 is 2.06 bits per heavy atom. The third-order valence-electron chi connectivity index (χ3n) is 2.79. The zero-order chi connectivity index (χ0) is 10.8. The molecule has 0 aromatic carbocycles. The fourth-order valence-electron chi connectivity index (χ4n) is 2.01. The van der Waals surface area contributed by atoms with Crippen molar-refractivity contribution in [3.63, 3.8) is 0 Å². The first-order valence-corrected chi connectivity index (χ1v) is 5.40. The van der Waals surface area contributed by atoms with E-state index in [1.807, 2.05) is 18.2 Å². The Labute approximate surface area is 106 Å². The van der Waals surface area contributed by atoms with Gasteiger partial charge in [-0.2, -0.15) is 0 Å². The second-order valence-electron chi connectivity index (χ2n) is 3.79. The number of nitrogens with one attached hydrogen (secondary N) is 1. The second-order valence-corrected chi connectivity index (χ2v) is 3.79. The largest absolute Gasteiger partial charge is 0.311 e. The average molecular weight is 249 g/mol. The van der Waals surface area contributed by atoms with E-state index in [0.29, 0.717) is 0 Å². The smallest absolute Gasteiger partial charge is 0.116 e.